The van der Waals surface area contributed by atoms with Crippen LogP contribution < -0.4 is 5.32 Å². The molecule has 3 aromatic carbocycles. The third kappa shape index (κ3) is 7.66. The molecule has 0 spiro atoms. The van der Waals surface area contributed by atoms with Gasteiger partial charge in [-0.3, -0.25) is 14.3 Å². The highest BCUT2D eigenvalue weighted by Crippen LogP contribution is 2.31. The van der Waals surface area contributed by atoms with Gasteiger partial charge in [-0.1, -0.05) is 32.0 Å². The molecule has 4 aromatic rings. The van der Waals surface area contributed by atoms with Crippen LogP contribution in [-0.4, -0.2) is 52.7 Å². The zero-order valence-corrected chi connectivity index (χ0v) is 26.8. The monoisotopic (exact) mass is 612 g/mol. The molecule has 1 N–H and O–H groups in total. The normalized spacial score (nSPS) is 13.4. The highest BCUT2D eigenvalue weighted by atomic mass is 19.1. The van der Waals surface area contributed by atoms with Gasteiger partial charge in [0.2, 0.25) is 0 Å². The van der Waals surface area contributed by atoms with Gasteiger partial charge in [-0.25, -0.2) is 9.18 Å². The maximum absolute atomic E-state index is 13.6. The van der Waals surface area contributed by atoms with Crippen LogP contribution in [-0.2, 0) is 10.3 Å². The molecule has 1 aliphatic rings. The van der Waals surface area contributed by atoms with Crippen molar-refractivity contribution in [2.75, 3.05) is 25.5 Å². The summed E-state index contributed by atoms with van der Waals surface area (Å²) in [6.07, 6.45) is 3.13. The first-order valence-corrected chi connectivity index (χ1v) is 15.3. The molecule has 0 radical (unpaired) electrons. The van der Waals surface area contributed by atoms with Crippen LogP contribution >= 0.6 is 0 Å². The van der Waals surface area contributed by atoms with E-state index >= 15 is 0 Å². The number of esters is 1. The number of amides is 2. The van der Waals surface area contributed by atoms with Crippen LogP contribution in [0.25, 0.3) is 11.3 Å². The Bertz CT molecular complexity index is 1630. The minimum Gasteiger partial charge on any atom is -0.465 e. The molecule has 1 aromatic heterocycles. The number of hydrogen-bond donors (Lipinski definition) is 1. The van der Waals surface area contributed by atoms with Gasteiger partial charge in [0, 0.05) is 29.9 Å². The fourth-order valence-corrected chi connectivity index (χ4v) is 5.44. The van der Waals surface area contributed by atoms with Crippen LogP contribution in [0.4, 0.5) is 10.1 Å². The van der Waals surface area contributed by atoms with Crippen molar-refractivity contribution < 1.29 is 23.5 Å². The Morgan fingerprint density at radius 2 is 1.56 bits per heavy atom. The van der Waals surface area contributed by atoms with Gasteiger partial charge in [-0.15, -0.1) is 0 Å². The van der Waals surface area contributed by atoms with E-state index in [-0.39, 0.29) is 23.6 Å². The molecule has 2 heterocycles. The summed E-state index contributed by atoms with van der Waals surface area (Å²) in [6.45, 7) is 11.1. The lowest BCUT2D eigenvalue weighted by atomic mass is 9.89. The third-order valence-electron chi connectivity index (χ3n) is 7.72. The maximum atomic E-state index is 13.6. The molecule has 0 aliphatic carbocycles. The minimum absolute atomic E-state index is 0.0943. The first-order chi connectivity index (χ1) is 21.5. The van der Waals surface area contributed by atoms with Crippen molar-refractivity contribution in [1.29, 1.82) is 0 Å². The van der Waals surface area contributed by atoms with Gasteiger partial charge in [-0.2, -0.15) is 5.10 Å². The molecular formula is C36H41FN4O4. The van der Waals surface area contributed by atoms with Crippen molar-refractivity contribution in [3.63, 3.8) is 0 Å². The molecule has 9 heteroatoms. The number of methoxy groups -OCH3 is 1. The number of piperidine rings is 1. The summed E-state index contributed by atoms with van der Waals surface area (Å²) in [6, 6.07) is 20.3. The van der Waals surface area contributed by atoms with E-state index in [0.29, 0.717) is 52.6 Å². The van der Waals surface area contributed by atoms with Crippen LogP contribution in [0, 0.1) is 5.82 Å². The number of rotatable bonds is 6. The molecule has 45 heavy (non-hydrogen) atoms. The molecule has 8 nitrogen and oxygen atoms in total. The average Bonchev–Trinajstić information content (AvgIpc) is 3.52. The molecule has 1 fully saturated rings. The molecule has 0 atom stereocenters. The highest BCUT2D eigenvalue weighted by Gasteiger charge is 2.27. The summed E-state index contributed by atoms with van der Waals surface area (Å²) in [7, 11) is 1.36. The Hall–Kier alpha value is -4.79. The molecule has 236 valence electrons. The van der Waals surface area contributed by atoms with Gasteiger partial charge in [-0.05, 0) is 99.7 Å². The summed E-state index contributed by atoms with van der Waals surface area (Å²) in [4.78, 5) is 40.4. The molecule has 0 bridgehead atoms. The second-order valence-electron chi connectivity index (χ2n) is 11.7. The first-order valence-electron chi connectivity index (χ1n) is 15.3. The Kier molecular flexibility index (Phi) is 10.5. The lowest BCUT2D eigenvalue weighted by molar-refractivity contribution is 0.0599. The van der Waals surface area contributed by atoms with Crippen molar-refractivity contribution in [1.82, 2.24) is 14.7 Å². The Labute approximate surface area is 264 Å². The quantitative estimate of drug-likeness (QED) is 0.227. The predicted octanol–water partition coefficient (Wildman–Crippen LogP) is 7.53. The summed E-state index contributed by atoms with van der Waals surface area (Å²) >= 11 is 0. The van der Waals surface area contributed by atoms with Gasteiger partial charge in [0.25, 0.3) is 11.8 Å². The zero-order valence-electron chi connectivity index (χ0n) is 26.8. The van der Waals surface area contributed by atoms with Crippen LogP contribution in [0.15, 0.2) is 79.0 Å². The number of halogens is 1. The number of benzene rings is 3. The zero-order chi connectivity index (χ0) is 32.7. The number of carbonyl (C=O) groups is 3. The molecule has 5 rings (SSSR count). The summed E-state index contributed by atoms with van der Waals surface area (Å²) in [5.74, 6) is -0.900. The van der Waals surface area contributed by atoms with Gasteiger partial charge in [0.1, 0.15) is 5.82 Å². The number of carbonyl (C=O) groups excluding carboxylic acids is 3. The average molecular weight is 613 g/mol. The minimum atomic E-state index is -0.422. The summed E-state index contributed by atoms with van der Waals surface area (Å²) in [5, 5.41) is 7.40. The van der Waals surface area contributed by atoms with E-state index < -0.39 is 5.54 Å². The maximum Gasteiger partial charge on any atom is 0.337 e. The van der Waals surface area contributed by atoms with Gasteiger partial charge in [0.05, 0.1) is 35.7 Å². The molecule has 2 amide bonds. The van der Waals surface area contributed by atoms with Crippen molar-refractivity contribution in [2.24, 2.45) is 0 Å². The van der Waals surface area contributed by atoms with Gasteiger partial charge >= 0.3 is 5.97 Å². The van der Waals surface area contributed by atoms with E-state index in [4.69, 9.17) is 4.74 Å². The summed E-state index contributed by atoms with van der Waals surface area (Å²) < 4.78 is 20.2. The SMILES string of the molecule is CC.COC(=O)c1ccc(C2CCN(C(=O)c3cccc(NC(=O)c4cnn(C(C)(C)C)c4-c4ccc(F)cc4)c3)CC2)cc1. The van der Waals surface area contributed by atoms with E-state index in [0.717, 1.165) is 18.4 Å². The predicted molar refractivity (Wildman–Crippen MR) is 174 cm³/mol. The second kappa shape index (κ2) is 14.3. The first kappa shape index (κ1) is 33.1. The largest absolute Gasteiger partial charge is 0.465 e. The van der Waals surface area contributed by atoms with Crippen LogP contribution in [0.1, 0.15) is 90.0 Å². The van der Waals surface area contributed by atoms with E-state index in [9.17, 15) is 18.8 Å². The lowest BCUT2D eigenvalue weighted by Crippen LogP contribution is -2.38. The smallest absolute Gasteiger partial charge is 0.337 e. The lowest BCUT2D eigenvalue weighted by Gasteiger charge is -2.32. The van der Waals surface area contributed by atoms with Crippen molar-refractivity contribution >= 4 is 23.5 Å². The number of ether oxygens (including phenoxy) is 1. The van der Waals surface area contributed by atoms with Crippen LogP contribution in [0.2, 0.25) is 0 Å². The second-order valence-corrected chi connectivity index (χ2v) is 11.7. The van der Waals surface area contributed by atoms with E-state index in [1.165, 1.54) is 25.4 Å². The van der Waals surface area contributed by atoms with E-state index in [1.54, 1.807) is 53.2 Å². The van der Waals surface area contributed by atoms with Crippen molar-refractivity contribution in [3.05, 3.63) is 107 Å². The summed E-state index contributed by atoms with van der Waals surface area (Å²) in [5.41, 5.74) is 3.81. The topological polar surface area (TPSA) is 93.5 Å². The highest BCUT2D eigenvalue weighted by molar-refractivity contribution is 6.08. The Morgan fingerprint density at radius 1 is 0.911 bits per heavy atom. The molecule has 0 saturated carbocycles. The standard InChI is InChI=1S/C34H35FN4O4.C2H6/c1-34(2,3)39-30(24-12-14-27(35)15-13-24)29(21-36-39)31(40)37-28-7-5-6-26(20-28)32(41)38-18-16-23(17-19-38)22-8-10-25(11-9-22)33(42)43-4;1-2/h5-15,20-21,23H,16-19H2,1-4H3,(H,37,40);1-2H3. The third-order valence-corrected chi connectivity index (χ3v) is 7.72. The number of nitrogens with one attached hydrogen (secondary N) is 1. The number of nitrogens with zero attached hydrogens (tertiary/aromatic N) is 3. The number of likely N-dealkylation sites (tertiary alicyclic amines) is 1. The van der Waals surface area contributed by atoms with Gasteiger partial charge < -0.3 is 15.0 Å². The fraction of sp³-hybridized carbons (Fsp3) is 0.333. The van der Waals surface area contributed by atoms with Crippen molar-refractivity contribution in [2.45, 2.75) is 58.9 Å². The molecule has 1 saturated heterocycles. The van der Waals surface area contributed by atoms with Crippen molar-refractivity contribution in [3.8, 4) is 11.3 Å². The van der Waals surface area contributed by atoms with Crippen LogP contribution in [0.5, 0.6) is 0 Å². The molecule has 0 unspecified atom stereocenters. The van der Waals surface area contributed by atoms with E-state index in [1.807, 2.05) is 51.7 Å². The fourth-order valence-electron chi connectivity index (χ4n) is 5.44. The molecule has 1 aliphatic heterocycles. The van der Waals surface area contributed by atoms with E-state index in [2.05, 4.69) is 10.4 Å². The Balaban J connectivity index is 0.00000226. The molecular weight excluding hydrogens is 571 g/mol. The number of aromatic nitrogens is 2. The van der Waals surface area contributed by atoms with Gasteiger partial charge in [0.15, 0.2) is 0 Å². The van der Waals surface area contributed by atoms with Crippen LogP contribution in [0.3, 0.4) is 0 Å². The number of hydrogen-bond acceptors (Lipinski definition) is 5. The number of anilines is 1. The Morgan fingerprint density at radius 3 is 2.16 bits per heavy atom.